The van der Waals surface area contributed by atoms with Crippen molar-refractivity contribution >= 4 is 16.6 Å². The standard InChI is InChI=1S/C14H15F3N2/c1-13(2,3)10-7-19-12(18)11-8(10)5-4-6-9(11)14(15,16)17/h4-7H,1-3H3,(H2,18,19). The Morgan fingerprint density at radius 2 is 1.68 bits per heavy atom. The fourth-order valence-corrected chi connectivity index (χ4v) is 2.15. The molecule has 19 heavy (non-hydrogen) atoms. The van der Waals surface area contributed by atoms with Crippen LogP contribution < -0.4 is 5.73 Å². The first-order valence-corrected chi connectivity index (χ1v) is 5.87. The lowest BCUT2D eigenvalue weighted by Gasteiger charge is -2.22. The van der Waals surface area contributed by atoms with E-state index in [2.05, 4.69) is 4.98 Å². The highest BCUT2D eigenvalue weighted by Gasteiger charge is 2.34. The van der Waals surface area contributed by atoms with Gasteiger partial charge in [-0.05, 0) is 22.4 Å². The second-order valence-electron chi connectivity index (χ2n) is 5.53. The maximum Gasteiger partial charge on any atom is 0.417 e. The molecular weight excluding hydrogens is 253 g/mol. The molecule has 1 aromatic heterocycles. The Balaban J connectivity index is 2.92. The van der Waals surface area contributed by atoms with Crippen molar-refractivity contribution in [3.05, 3.63) is 35.5 Å². The molecule has 2 rings (SSSR count). The number of anilines is 1. The molecule has 0 spiro atoms. The van der Waals surface area contributed by atoms with Crippen LogP contribution in [0.1, 0.15) is 31.9 Å². The molecule has 0 unspecified atom stereocenters. The van der Waals surface area contributed by atoms with Crippen molar-refractivity contribution in [1.82, 2.24) is 4.98 Å². The molecule has 0 saturated carbocycles. The molecule has 0 amide bonds. The van der Waals surface area contributed by atoms with Gasteiger partial charge in [0.1, 0.15) is 5.82 Å². The number of fused-ring (bicyclic) bond motifs is 1. The lowest BCUT2D eigenvalue weighted by Crippen LogP contribution is -2.15. The summed E-state index contributed by atoms with van der Waals surface area (Å²) in [6.07, 6.45) is -2.89. The minimum atomic E-state index is -4.44. The lowest BCUT2D eigenvalue weighted by atomic mass is 9.84. The van der Waals surface area contributed by atoms with Gasteiger partial charge in [0.25, 0.3) is 0 Å². The molecule has 0 bridgehead atoms. The van der Waals surface area contributed by atoms with Gasteiger partial charge in [0, 0.05) is 11.6 Å². The van der Waals surface area contributed by atoms with Gasteiger partial charge in [-0.25, -0.2) is 4.98 Å². The molecule has 0 aliphatic carbocycles. The van der Waals surface area contributed by atoms with Crippen LogP contribution in [-0.2, 0) is 11.6 Å². The number of benzene rings is 1. The Morgan fingerprint density at radius 1 is 1.05 bits per heavy atom. The number of hydrogen-bond acceptors (Lipinski definition) is 2. The molecule has 0 fully saturated rings. The molecule has 1 aromatic carbocycles. The Kier molecular flexibility index (Phi) is 2.96. The van der Waals surface area contributed by atoms with Gasteiger partial charge in [0.2, 0.25) is 0 Å². The monoisotopic (exact) mass is 268 g/mol. The lowest BCUT2D eigenvalue weighted by molar-refractivity contribution is -0.136. The maximum absolute atomic E-state index is 13.0. The van der Waals surface area contributed by atoms with Crippen molar-refractivity contribution in [1.29, 1.82) is 0 Å². The van der Waals surface area contributed by atoms with Gasteiger partial charge < -0.3 is 5.73 Å². The molecule has 2 aromatic rings. The van der Waals surface area contributed by atoms with Crippen molar-refractivity contribution in [3.8, 4) is 0 Å². The zero-order chi connectivity index (χ0) is 14.4. The Labute approximate surface area is 109 Å². The van der Waals surface area contributed by atoms with Gasteiger partial charge in [-0.2, -0.15) is 13.2 Å². The van der Waals surface area contributed by atoms with Crippen molar-refractivity contribution in [3.63, 3.8) is 0 Å². The normalized spacial score (nSPS) is 12.9. The molecule has 0 aliphatic rings. The SMILES string of the molecule is CC(C)(C)c1cnc(N)c2c(C(F)(F)F)cccc12. The molecule has 0 atom stereocenters. The third kappa shape index (κ3) is 2.37. The molecule has 0 aliphatic heterocycles. The average molecular weight is 268 g/mol. The van der Waals surface area contributed by atoms with Gasteiger partial charge in [-0.3, -0.25) is 0 Å². The second-order valence-corrected chi connectivity index (χ2v) is 5.53. The highest BCUT2D eigenvalue weighted by molar-refractivity contribution is 5.96. The summed E-state index contributed by atoms with van der Waals surface area (Å²) in [5.74, 6) is -0.0871. The number of aromatic nitrogens is 1. The minimum Gasteiger partial charge on any atom is -0.383 e. The van der Waals surface area contributed by atoms with Crippen molar-refractivity contribution in [2.45, 2.75) is 32.4 Å². The van der Waals surface area contributed by atoms with E-state index in [-0.39, 0.29) is 16.6 Å². The van der Waals surface area contributed by atoms with E-state index in [4.69, 9.17) is 5.73 Å². The molecule has 1 heterocycles. The van der Waals surface area contributed by atoms with Gasteiger partial charge in [0.05, 0.1) is 5.56 Å². The third-order valence-electron chi connectivity index (χ3n) is 3.06. The fraction of sp³-hybridized carbons (Fsp3) is 0.357. The zero-order valence-electron chi connectivity index (χ0n) is 11.0. The number of alkyl halides is 3. The summed E-state index contributed by atoms with van der Waals surface area (Å²) < 4.78 is 39.1. The fourth-order valence-electron chi connectivity index (χ4n) is 2.15. The van der Waals surface area contributed by atoms with Crippen LogP contribution in [0.25, 0.3) is 10.8 Å². The number of pyridine rings is 1. The zero-order valence-corrected chi connectivity index (χ0v) is 11.0. The molecule has 2 nitrogen and oxygen atoms in total. The first-order chi connectivity index (χ1) is 8.62. The van der Waals surface area contributed by atoms with Crippen molar-refractivity contribution in [2.75, 3.05) is 5.73 Å². The molecule has 0 saturated heterocycles. The van der Waals surface area contributed by atoms with Crippen LogP contribution in [0.3, 0.4) is 0 Å². The quantitative estimate of drug-likeness (QED) is 0.780. The Bertz CT molecular complexity index is 625. The predicted molar refractivity (Wildman–Crippen MR) is 69.9 cm³/mol. The maximum atomic E-state index is 13.0. The van der Waals surface area contributed by atoms with Crippen LogP contribution in [0.4, 0.5) is 19.0 Å². The van der Waals surface area contributed by atoms with Gasteiger partial charge in [0.15, 0.2) is 0 Å². The number of hydrogen-bond donors (Lipinski definition) is 1. The smallest absolute Gasteiger partial charge is 0.383 e. The third-order valence-corrected chi connectivity index (χ3v) is 3.06. The first kappa shape index (κ1) is 13.6. The average Bonchev–Trinajstić information content (AvgIpc) is 2.25. The van der Waals surface area contributed by atoms with E-state index >= 15 is 0 Å². The Hall–Kier alpha value is -1.78. The van der Waals surface area contributed by atoms with Crippen LogP contribution in [0.15, 0.2) is 24.4 Å². The van der Waals surface area contributed by atoms with Crippen molar-refractivity contribution < 1.29 is 13.2 Å². The predicted octanol–water partition coefficient (Wildman–Crippen LogP) is 4.13. The molecule has 0 radical (unpaired) electrons. The van der Waals surface area contributed by atoms with Crippen LogP contribution in [-0.4, -0.2) is 4.98 Å². The second kappa shape index (κ2) is 4.11. The summed E-state index contributed by atoms with van der Waals surface area (Å²) >= 11 is 0. The Morgan fingerprint density at radius 3 is 2.21 bits per heavy atom. The number of nitrogens with zero attached hydrogens (tertiary/aromatic N) is 1. The van der Waals surface area contributed by atoms with E-state index in [0.717, 1.165) is 11.6 Å². The first-order valence-electron chi connectivity index (χ1n) is 5.87. The summed E-state index contributed by atoms with van der Waals surface area (Å²) in [6.45, 7) is 5.79. The molecule has 2 N–H and O–H groups in total. The van der Waals surface area contributed by atoms with Crippen LogP contribution in [0, 0.1) is 0 Å². The van der Waals surface area contributed by atoms with Gasteiger partial charge >= 0.3 is 6.18 Å². The highest BCUT2D eigenvalue weighted by Crippen LogP contribution is 2.39. The summed E-state index contributed by atoms with van der Waals surface area (Å²) in [6, 6.07) is 4.09. The van der Waals surface area contributed by atoms with E-state index in [0.29, 0.717) is 5.39 Å². The topological polar surface area (TPSA) is 38.9 Å². The van der Waals surface area contributed by atoms with E-state index in [1.807, 2.05) is 20.8 Å². The van der Waals surface area contributed by atoms with Gasteiger partial charge in [-0.1, -0.05) is 32.9 Å². The summed E-state index contributed by atoms with van der Waals surface area (Å²) in [5, 5.41) is 0.497. The molecular formula is C14H15F3N2. The van der Waals surface area contributed by atoms with Gasteiger partial charge in [-0.15, -0.1) is 0 Å². The largest absolute Gasteiger partial charge is 0.417 e. The number of nitrogen functional groups attached to an aromatic ring is 1. The number of nitrogens with two attached hydrogens (primary N) is 1. The summed E-state index contributed by atoms with van der Waals surface area (Å²) in [7, 11) is 0. The molecule has 5 heteroatoms. The van der Waals surface area contributed by atoms with E-state index < -0.39 is 11.7 Å². The van der Waals surface area contributed by atoms with E-state index in [9.17, 15) is 13.2 Å². The van der Waals surface area contributed by atoms with Crippen LogP contribution in [0.5, 0.6) is 0 Å². The summed E-state index contributed by atoms with van der Waals surface area (Å²) in [5.41, 5.74) is 5.37. The van der Waals surface area contributed by atoms with Crippen molar-refractivity contribution in [2.24, 2.45) is 0 Å². The summed E-state index contributed by atoms with van der Waals surface area (Å²) in [4.78, 5) is 3.93. The van der Waals surface area contributed by atoms with Crippen LogP contribution >= 0.6 is 0 Å². The van der Waals surface area contributed by atoms with E-state index in [1.165, 1.54) is 6.07 Å². The number of rotatable bonds is 0. The molecule has 102 valence electrons. The van der Waals surface area contributed by atoms with Crippen LogP contribution in [0.2, 0.25) is 0 Å². The van der Waals surface area contributed by atoms with E-state index in [1.54, 1.807) is 12.3 Å². The number of halogens is 3. The minimum absolute atomic E-state index is 0.0116. The highest BCUT2D eigenvalue weighted by atomic mass is 19.4.